The molecule has 0 bridgehead atoms. The van der Waals surface area contributed by atoms with Crippen molar-refractivity contribution in [3.63, 3.8) is 0 Å². The molecule has 0 spiro atoms. The van der Waals surface area contributed by atoms with Gasteiger partial charge >= 0.3 is 0 Å². The van der Waals surface area contributed by atoms with Crippen LogP contribution in [0.1, 0.15) is 11.1 Å². The Hall–Kier alpha value is -3.74. The average molecular weight is 389 g/mol. The molecule has 0 saturated heterocycles. The molecule has 2 aromatic carbocycles. The Bertz CT molecular complexity index is 1120. The first-order chi connectivity index (χ1) is 14.2. The van der Waals surface area contributed by atoms with Gasteiger partial charge in [0.05, 0.1) is 6.42 Å². The van der Waals surface area contributed by atoms with Crippen molar-refractivity contribution in [3.8, 4) is 0 Å². The zero-order chi connectivity index (χ0) is 20.1. The number of aromatic amines is 1. The number of para-hydroxylation sites is 1. The van der Waals surface area contributed by atoms with Gasteiger partial charge in [0.1, 0.15) is 11.6 Å². The standard InChI is InChI=1S/C22H20FN5O/c23-18-7-3-1-5-15(18)11-12-24-20-9-10-21(28-27-20)26-22(29)13-16-14-25-19-8-4-2-6-17(16)19/h1-10,14,25H,11-13H2,(H,24,27)(H,26,28,29). The van der Waals surface area contributed by atoms with Crippen molar-refractivity contribution in [2.75, 3.05) is 17.2 Å². The Morgan fingerprint density at radius 2 is 1.69 bits per heavy atom. The minimum Gasteiger partial charge on any atom is -0.368 e. The molecule has 4 aromatic rings. The third-order valence-electron chi connectivity index (χ3n) is 4.62. The van der Waals surface area contributed by atoms with E-state index in [0.29, 0.717) is 30.2 Å². The Morgan fingerprint density at radius 1 is 0.931 bits per heavy atom. The number of fused-ring (bicyclic) bond motifs is 1. The number of carbonyl (C=O) groups is 1. The quantitative estimate of drug-likeness (QED) is 0.447. The highest BCUT2D eigenvalue weighted by molar-refractivity contribution is 5.95. The highest BCUT2D eigenvalue weighted by Crippen LogP contribution is 2.18. The summed E-state index contributed by atoms with van der Waals surface area (Å²) in [6.07, 6.45) is 2.63. The summed E-state index contributed by atoms with van der Waals surface area (Å²) in [6.45, 7) is 0.530. The van der Waals surface area contributed by atoms with E-state index in [1.54, 1.807) is 24.3 Å². The summed E-state index contributed by atoms with van der Waals surface area (Å²) in [5, 5.41) is 15.0. The van der Waals surface area contributed by atoms with Crippen molar-refractivity contribution in [1.82, 2.24) is 15.2 Å². The van der Waals surface area contributed by atoms with Crippen molar-refractivity contribution >= 4 is 28.4 Å². The number of rotatable bonds is 7. The van der Waals surface area contributed by atoms with Crippen molar-refractivity contribution in [2.45, 2.75) is 12.8 Å². The average Bonchev–Trinajstić information content (AvgIpc) is 3.13. The molecule has 0 aliphatic carbocycles. The Labute approximate surface area is 167 Å². The van der Waals surface area contributed by atoms with Crippen LogP contribution in [0, 0.1) is 5.82 Å². The van der Waals surface area contributed by atoms with Crippen LogP contribution in [0.3, 0.4) is 0 Å². The van der Waals surface area contributed by atoms with Gasteiger partial charge in [-0.25, -0.2) is 4.39 Å². The number of amides is 1. The number of aromatic nitrogens is 3. The lowest BCUT2D eigenvalue weighted by atomic mass is 10.1. The minimum atomic E-state index is -0.214. The summed E-state index contributed by atoms with van der Waals surface area (Å²) >= 11 is 0. The second-order valence-corrected chi connectivity index (χ2v) is 6.66. The van der Waals surface area contributed by atoms with E-state index in [1.165, 1.54) is 6.07 Å². The van der Waals surface area contributed by atoms with Crippen molar-refractivity contribution < 1.29 is 9.18 Å². The van der Waals surface area contributed by atoms with Gasteiger partial charge in [0, 0.05) is 23.6 Å². The van der Waals surface area contributed by atoms with E-state index in [-0.39, 0.29) is 18.1 Å². The first-order valence-electron chi connectivity index (χ1n) is 9.35. The van der Waals surface area contributed by atoms with E-state index in [1.807, 2.05) is 36.5 Å². The van der Waals surface area contributed by atoms with Gasteiger partial charge in [-0.2, -0.15) is 0 Å². The third kappa shape index (κ3) is 4.57. The summed E-state index contributed by atoms with van der Waals surface area (Å²) in [5.74, 6) is 0.573. The summed E-state index contributed by atoms with van der Waals surface area (Å²) in [6, 6.07) is 18.0. The molecule has 7 heteroatoms. The molecule has 6 nitrogen and oxygen atoms in total. The lowest BCUT2D eigenvalue weighted by Crippen LogP contribution is -2.16. The van der Waals surface area contributed by atoms with Crippen LogP contribution in [0.5, 0.6) is 0 Å². The van der Waals surface area contributed by atoms with Gasteiger partial charge in [-0.3, -0.25) is 4.79 Å². The molecule has 0 radical (unpaired) electrons. The fourth-order valence-electron chi connectivity index (χ4n) is 3.16. The molecule has 146 valence electrons. The third-order valence-corrected chi connectivity index (χ3v) is 4.62. The highest BCUT2D eigenvalue weighted by atomic mass is 19.1. The molecule has 29 heavy (non-hydrogen) atoms. The minimum absolute atomic E-state index is 0.163. The molecule has 0 aliphatic rings. The maximum Gasteiger partial charge on any atom is 0.230 e. The largest absolute Gasteiger partial charge is 0.368 e. The lowest BCUT2D eigenvalue weighted by Gasteiger charge is -2.07. The number of H-pyrrole nitrogens is 1. The maximum atomic E-state index is 13.6. The van der Waals surface area contributed by atoms with Crippen LogP contribution in [-0.4, -0.2) is 27.6 Å². The van der Waals surface area contributed by atoms with Crippen LogP contribution < -0.4 is 10.6 Å². The lowest BCUT2D eigenvalue weighted by molar-refractivity contribution is -0.115. The fraction of sp³-hybridized carbons (Fsp3) is 0.136. The van der Waals surface area contributed by atoms with Gasteiger partial charge in [-0.1, -0.05) is 36.4 Å². The number of halogens is 1. The SMILES string of the molecule is O=C(Cc1c[nH]c2ccccc12)Nc1ccc(NCCc2ccccc2F)nn1. The highest BCUT2D eigenvalue weighted by Gasteiger charge is 2.10. The normalized spacial score (nSPS) is 10.8. The number of benzene rings is 2. The van der Waals surface area contributed by atoms with Gasteiger partial charge in [0.25, 0.3) is 0 Å². The van der Waals surface area contributed by atoms with Crippen LogP contribution >= 0.6 is 0 Å². The summed E-state index contributed by atoms with van der Waals surface area (Å²) in [5.41, 5.74) is 2.58. The number of nitrogens with one attached hydrogen (secondary N) is 3. The van der Waals surface area contributed by atoms with E-state index in [0.717, 1.165) is 16.5 Å². The number of hydrogen-bond donors (Lipinski definition) is 3. The van der Waals surface area contributed by atoms with Crippen LogP contribution in [-0.2, 0) is 17.6 Å². The zero-order valence-corrected chi connectivity index (χ0v) is 15.7. The molecular weight excluding hydrogens is 369 g/mol. The van der Waals surface area contributed by atoms with E-state index in [9.17, 15) is 9.18 Å². The molecule has 3 N–H and O–H groups in total. The molecule has 4 rings (SSSR count). The van der Waals surface area contributed by atoms with E-state index in [4.69, 9.17) is 0 Å². The van der Waals surface area contributed by atoms with Gasteiger partial charge in [-0.05, 0) is 41.8 Å². The smallest absolute Gasteiger partial charge is 0.230 e. The van der Waals surface area contributed by atoms with Crippen LogP contribution in [0.2, 0.25) is 0 Å². The van der Waals surface area contributed by atoms with E-state index >= 15 is 0 Å². The fourth-order valence-corrected chi connectivity index (χ4v) is 3.16. The first kappa shape index (κ1) is 18.6. The summed E-state index contributed by atoms with van der Waals surface area (Å²) < 4.78 is 13.6. The molecule has 2 heterocycles. The van der Waals surface area contributed by atoms with E-state index in [2.05, 4.69) is 25.8 Å². The van der Waals surface area contributed by atoms with Crippen LogP contribution in [0.15, 0.2) is 66.9 Å². The summed E-state index contributed by atoms with van der Waals surface area (Å²) in [4.78, 5) is 15.5. The van der Waals surface area contributed by atoms with Crippen molar-refractivity contribution in [2.24, 2.45) is 0 Å². The van der Waals surface area contributed by atoms with Gasteiger partial charge in [0.15, 0.2) is 5.82 Å². The number of nitrogens with zero attached hydrogens (tertiary/aromatic N) is 2. The van der Waals surface area contributed by atoms with Gasteiger partial charge in [-0.15, -0.1) is 10.2 Å². The van der Waals surface area contributed by atoms with Crippen molar-refractivity contribution in [1.29, 1.82) is 0 Å². The topological polar surface area (TPSA) is 82.7 Å². The van der Waals surface area contributed by atoms with Gasteiger partial charge in [0.2, 0.25) is 5.91 Å². The number of hydrogen-bond acceptors (Lipinski definition) is 4. The molecule has 1 amide bonds. The Kier molecular flexibility index (Phi) is 5.47. The molecular formula is C22H20FN5O. The van der Waals surface area contributed by atoms with Crippen LogP contribution in [0.4, 0.5) is 16.0 Å². The van der Waals surface area contributed by atoms with Gasteiger partial charge < -0.3 is 15.6 Å². The maximum absolute atomic E-state index is 13.6. The molecule has 0 atom stereocenters. The second kappa shape index (κ2) is 8.52. The number of anilines is 2. The van der Waals surface area contributed by atoms with Crippen LogP contribution in [0.25, 0.3) is 10.9 Å². The monoisotopic (exact) mass is 389 g/mol. The zero-order valence-electron chi connectivity index (χ0n) is 15.7. The molecule has 0 unspecified atom stereocenters. The molecule has 0 fully saturated rings. The summed E-state index contributed by atoms with van der Waals surface area (Å²) in [7, 11) is 0. The predicted molar refractivity (Wildman–Crippen MR) is 111 cm³/mol. The molecule has 0 aliphatic heterocycles. The second-order valence-electron chi connectivity index (χ2n) is 6.66. The van der Waals surface area contributed by atoms with E-state index < -0.39 is 0 Å². The Balaban J connectivity index is 1.30. The molecule has 0 saturated carbocycles. The first-order valence-corrected chi connectivity index (χ1v) is 9.35. The number of carbonyl (C=O) groups excluding carboxylic acids is 1. The predicted octanol–water partition coefficient (Wildman–Crippen LogP) is 3.93. The molecule has 2 aromatic heterocycles. The Morgan fingerprint density at radius 3 is 2.52 bits per heavy atom. The van der Waals surface area contributed by atoms with Crippen molar-refractivity contribution in [3.05, 3.63) is 83.8 Å².